The fourth-order valence-corrected chi connectivity index (χ4v) is 2.94. The zero-order valence-electron chi connectivity index (χ0n) is 12.5. The van der Waals surface area contributed by atoms with Crippen LogP contribution >= 0.6 is 0 Å². The van der Waals surface area contributed by atoms with E-state index in [4.69, 9.17) is 5.73 Å². The van der Waals surface area contributed by atoms with E-state index in [9.17, 15) is 13.2 Å². The van der Waals surface area contributed by atoms with E-state index in [0.29, 0.717) is 11.7 Å². The molecular formula is C14H17F3N6. The third-order valence-electron chi connectivity index (χ3n) is 4.17. The van der Waals surface area contributed by atoms with Crippen molar-refractivity contribution in [2.75, 3.05) is 12.8 Å². The van der Waals surface area contributed by atoms with Crippen molar-refractivity contribution < 1.29 is 13.2 Å². The quantitative estimate of drug-likeness (QED) is 0.805. The Bertz CT molecular complexity index is 696. The average molecular weight is 326 g/mol. The lowest BCUT2D eigenvalue weighted by molar-refractivity contribution is -0.141. The molecule has 0 aromatic carbocycles. The minimum Gasteiger partial charge on any atom is -0.368 e. The highest BCUT2D eigenvalue weighted by Gasteiger charge is 2.33. The topological polar surface area (TPSA) is 92.5 Å². The van der Waals surface area contributed by atoms with Crippen LogP contribution in [0.5, 0.6) is 0 Å². The molecule has 9 heteroatoms. The lowest BCUT2D eigenvalue weighted by Gasteiger charge is -2.11. The summed E-state index contributed by atoms with van der Waals surface area (Å²) in [6, 6.07) is 3.02. The molecule has 1 unspecified atom stereocenters. The molecule has 1 saturated carbocycles. The smallest absolute Gasteiger partial charge is 0.368 e. The van der Waals surface area contributed by atoms with Crippen LogP contribution < -0.4 is 11.1 Å². The molecule has 4 N–H and O–H groups in total. The van der Waals surface area contributed by atoms with Crippen LogP contribution in [0.4, 0.5) is 19.1 Å². The number of nitrogens with two attached hydrogens (primary N) is 1. The molecule has 1 fully saturated rings. The maximum absolute atomic E-state index is 12.7. The van der Waals surface area contributed by atoms with Crippen LogP contribution in [-0.4, -0.2) is 33.3 Å². The Morgan fingerprint density at radius 3 is 2.61 bits per heavy atom. The van der Waals surface area contributed by atoms with Crippen LogP contribution in [0, 0.1) is 0 Å². The fourth-order valence-electron chi connectivity index (χ4n) is 2.94. The van der Waals surface area contributed by atoms with Gasteiger partial charge in [-0.25, -0.2) is 9.97 Å². The third kappa shape index (κ3) is 3.29. The van der Waals surface area contributed by atoms with Gasteiger partial charge in [0.05, 0.1) is 5.69 Å². The number of aromatic amines is 1. The van der Waals surface area contributed by atoms with Gasteiger partial charge in [0.2, 0.25) is 5.95 Å². The molecule has 6 nitrogen and oxygen atoms in total. The number of halogens is 3. The average Bonchev–Trinajstić information content (AvgIpc) is 3.15. The van der Waals surface area contributed by atoms with Gasteiger partial charge < -0.3 is 11.1 Å². The maximum Gasteiger partial charge on any atom is 0.432 e. The van der Waals surface area contributed by atoms with Crippen LogP contribution in [-0.2, 0) is 6.18 Å². The summed E-state index contributed by atoms with van der Waals surface area (Å²) >= 11 is 0. The van der Waals surface area contributed by atoms with E-state index in [1.165, 1.54) is 0 Å². The van der Waals surface area contributed by atoms with Crippen LogP contribution in [0.25, 0.3) is 11.4 Å². The van der Waals surface area contributed by atoms with Gasteiger partial charge in [-0.3, -0.25) is 5.10 Å². The third-order valence-corrected chi connectivity index (χ3v) is 4.17. The number of H-pyrrole nitrogens is 1. The summed E-state index contributed by atoms with van der Waals surface area (Å²) in [5.41, 5.74) is 5.97. The van der Waals surface area contributed by atoms with Gasteiger partial charge in [-0.1, -0.05) is 0 Å². The molecule has 23 heavy (non-hydrogen) atoms. The molecule has 1 aliphatic rings. The summed E-state index contributed by atoms with van der Waals surface area (Å²) in [4.78, 5) is 8.26. The Hall–Kier alpha value is -2.16. The minimum absolute atomic E-state index is 0.0435. The van der Waals surface area contributed by atoms with Crippen molar-refractivity contribution in [2.45, 2.75) is 37.4 Å². The van der Waals surface area contributed by atoms with E-state index in [2.05, 4.69) is 20.4 Å². The van der Waals surface area contributed by atoms with Gasteiger partial charge >= 0.3 is 6.18 Å². The van der Waals surface area contributed by atoms with E-state index in [1.54, 1.807) is 6.07 Å². The number of anilines is 1. The van der Waals surface area contributed by atoms with Gasteiger partial charge in [-0.2, -0.15) is 18.3 Å². The number of aromatic nitrogens is 4. The summed E-state index contributed by atoms with van der Waals surface area (Å²) < 4.78 is 38.0. The molecule has 3 rings (SSSR count). The minimum atomic E-state index is -4.47. The van der Waals surface area contributed by atoms with Gasteiger partial charge in [-0.15, -0.1) is 0 Å². The van der Waals surface area contributed by atoms with Crippen molar-refractivity contribution >= 4 is 5.95 Å². The van der Waals surface area contributed by atoms with Crippen LogP contribution in [0.2, 0.25) is 0 Å². The van der Waals surface area contributed by atoms with Gasteiger partial charge in [0, 0.05) is 17.7 Å². The molecule has 0 aliphatic heterocycles. The zero-order valence-corrected chi connectivity index (χ0v) is 12.5. The van der Waals surface area contributed by atoms with Crippen molar-refractivity contribution in [1.82, 2.24) is 25.5 Å². The Labute approximate surface area is 130 Å². The highest BCUT2D eigenvalue weighted by atomic mass is 19.4. The Kier molecular flexibility index (Phi) is 3.97. The summed E-state index contributed by atoms with van der Waals surface area (Å²) in [6.45, 7) is 0. The largest absolute Gasteiger partial charge is 0.432 e. The number of hydrogen-bond donors (Lipinski definition) is 3. The number of hydrogen-bond acceptors (Lipinski definition) is 5. The summed E-state index contributed by atoms with van der Waals surface area (Å²) in [7, 11) is 1.91. The van der Waals surface area contributed by atoms with Crippen molar-refractivity contribution in [2.24, 2.45) is 0 Å². The molecule has 124 valence electrons. The molecule has 1 aliphatic carbocycles. The van der Waals surface area contributed by atoms with Gasteiger partial charge in [0.25, 0.3) is 0 Å². The lowest BCUT2D eigenvalue weighted by Crippen LogP contribution is -2.21. The number of rotatable bonds is 3. The highest BCUT2D eigenvalue weighted by molar-refractivity contribution is 5.56. The van der Waals surface area contributed by atoms with E-state index in [0.717, 1.165) is 31.0 Å². The molecule has 0 saturated heterocycles. The normalized spacial score (nSPS) is 21.7. The summed E-state index contributed by atoms with van der Waals surface area (Å²) in [5.74, 6) is 0.263. The molecule has 0 radical (unpaired) electrons. The molecule has 2 heterocycles. The van der Waals surface area contributed by atoms with Crippen molar-refractivity contribution in [3.8, 4) is 11.4 Å². The lowest BCUT2D eigenvalue weighted by atomic mass is 10.0. The fraction of sp³-hybridized carbons (Fsp3) is 0.500. The first kappa shape index (κ1) is 15.7. The highest BCUT2D eigenvalue weighted by Crippen LogP contribution is 2.35. The second-order valence-corrected chi connectivity index (χ2v) is 5.70. The molecule has 0 bridgehead atoms. The second-order valence-electron chi connectivity index (χ2n) is 5.70. The molecule has 2 atom stereocenters. The van der Waals surface area contributed by atoms with Crippen molar-refractivity contribution in [3.63, 3.8) is 0 Å². The SMILES string of the molecule is CN[C@@H]1CCC(c2cc(-c3cc(C(F)(F)F)[nH]n3)nc(N)n2)C1. The van der Waals surface area contributed by atoms with Crippen LogP contribution in [0.15, 0.2) is 12.1 Å². The van der Waals surface area contributed by atoms with E-state index in [1.807, 2.05) is 12.1 Å². The number of nitrogen functional groups attached to an aromatic ring is 1. The summed E-state index contributed by atoms with van der Waals surface area (Å²) in [6.07, 6.45) is -1.57. The van der Waals surface area contributed by atoms with Gasteiger partial charge in [0.1, 0.15) is 11.4 Å². The van der Waals surface area contributed by atoms with Crippen LogP contribution in [0.1, 0.15) is 36.6 Å². The molecule has 0 amide bonds. The first-order valence-electron chi connectivity index (χ1n) is 7.31. The first-order chi connectivity index (χ1) is 10.9. The molecular weight excluding hydrogens is 309 g/mol. The number of alkyl halides is 3. The van der Waals surface area contributed by atoms with Crippen LogP contribution in [0.3, 0.4) is 0 Å². The zero-order chi connectivity index (χ0) is 16.6. The molecule has 2 aromatic rings. The Morgan fingerprint density at radius 2 is 2.00 bits per heavy atom. The standard InChI is InChI=1S/C14H17F3N6/c1-19-8-3-2-7(4-8)9-5-10(21-13(18)20-9)11-6-12(23-22-11)14(15,16)17/h5-8,19H,2-4H2,1H3,(H,22,23)(H2,18,20,21)/t7?,8-/m1/s1. The molecule has 0 spiro atoms. The predicted octanol–water partition coefficient (Wildman–Crippen LogP) is 2.32. The number of nitrogens with zero attached hydrogens (tertiary/aromatic N) is 3. The van der Waals surface area contributed by atoms with Crippen molar-refractivity contribution in [3.05, 3.63) is 23.5 Å². The Balaban J connectivity index is 1.90. The molecule has 2 aromatic heterocycles. The van der Waals surface area contributed by atoms with E-state index < -0.39 is 11.9 Å². The second kappa shape index (κ2) is 5.80. The van der Waals surface area contributed by atoms with Gasteiger partial charge in [-0.05, 0) is 38.4 Å². The monoisotopic (exact) mass is 326 g/mol. The first-order valence-corrected chi connectivity index (χ1v) is 7.31. The Morgan fingerprint density at radius 1 is 1.22 bits per heavy atom. The number of nitrogens with one attached hydrogen (secondary N) is 2. The van der Waals surface area contributed by atoms with Gasteiger partial charge in [0.15, 0.2) is 0 Å². The summed E-state index contributed by atoms with van der Waals surface area (Å²) in [5, 5.41) is 8.90. The van der Waals surface area contributed by atoms with E-state index >= 15 is 0 Å². The van der Waals surface area contributed by atoms with Crippen molar-refractivity contribution in [1.29, 1.82) is 0 Å². The van der Waals surface area contributed by atoms with E-state index in [-0.39, 0.29) is 17.6 Å². The maximum atomic E-state index is 12.7. The predicted molar refractivity (Wildman–Crippen MR) is 78.5 cm³/mol.